The van der Waals surface area contributed by atoms with Gasteiger partial charge in [0.25, 0.3) is 11.8 Å². The zero-order chi connectivity index (χ0) is 21.0. The molecule has 3 N–H and O–H groups in total. The van der Waals surface area contributed by atoms with Crippen LogP contribution >= 0.6 is 0 Å². The monoisotopic (exact) mass is 400 g/mol. The van der Waals surface area contributed by atoms with E-state index in [0.717, 1.165) is 6.07 Å². The molecule has 0 aliphatic carbocycles. The molecule has 0 aromatic heterocycles. The molecule has 1 saturated heterocycles. The molecule has 154 valence electrons. The van der Waals surface area contributed by atoms with E-state index in [1.165, 1.54) is 26.4 Å². The van der Waals surface area contributed by atoms with Gasteiger partial charge in [0.15, 0.2) is 11.5 Å². The number of ether oxygens (including phenoxy) is 2. The Balaban J connectivity index is 1.58. The quantitative estimate of drug-likeness (QED) is 0.710. The minimum absolute atomic E-state index is 0.0959. The van der Waals surface area contributed by atoms with Crippen LogP contribution in [-0.2, 0) is 0 Å². The Bertz CT molecular complexity index is 886. The minimum Gasteiger partial charge on any atom is -0.508 e. The van der Waals surface area contributed by atoms with Crippen molar-refractivity contribution in [1.29, 1.82) is 0 Å². The average Bonchev–Trinajstić information content (AvgIpc) is 2.72. The molecule has 1 aliphatic heterocycles. The molecule has 3 rings (SSSR count). The molecule has 0 radical (unpaired) electrons. The van der Waals surface area contributed by atoms with Crippen LogP contribution in [0, 0.1) is 0 Å². The second kappa shape index (κ2) is 8.72. The van der Waals surface area contributed by atoms with Crippen molar-refractivity contribution in [2.45, 2.75) is 18.9 Å². The summed E-state index contributed by atoms with van der Waals surface area (Å²) < 4.78 is 10.5. The molecule has 1 fully saturated rings. The number of benzene rings is 2. The molecule has 0 spiro atoms. The first kappa shape index (κ1) is 20.3. The van der Waals surface area contributed by atoms with Gasteiger partial charge in [0.1, 0.15) is 11.5 Å². The largest absolute Gasteiger partial charge is 0.508 e. The number of carbonyl (C=O) groups is 2. The van der Waals surface area contributed by atoms with Gasteiger partial charge in [-0.25, -0.2) is 0 Å². The summed E-state index contributed by atoms with van der Waals surface area (Å²) in [6, 6.07) is 8.71. The van der Waals surface area contributed by atoms with E-state index in [1.54, 1.807) is 23.1 Å². The van der Waals surface area contributed by atoms with Gasteiger partial charge in [-0.3, -0.25) is 9.59 Å². The lowest BCUT2D eigenvalue weighted by atomic mass is 10.0. The number of phenols is 2. The lowest BCUT2D eigenvalue weighted by Crippen LogP contribution is -2.46. The summed E-state index contributed by atoms with van der Waals surface area (Å²) in [4.78, 5) is 26.9. The summed E-state index contributed by atoms with van der Waals surface area (Å²) in [5.74, 6) is 0.226. The van der Waals surface area contributed by atoms with Crippen molar-refractivity contribution in [2.24, 2.45) is 0 Å². The Morgan fingerprint density at radius 2 is 1.55 bits per heavy atom. The van der Waals surface area contributed by atoms with E-state index in [9.17, 15) is 19.8 Å². The first-order chi connectivity index (χ1) is 13.9. The lowest BCUT2D eigenvalue weighted by molar-refractivity contribution is 0.0697. The molecule has 8 nitrogen and oxygen atoms in total. The summed E-state index contributed by atoms with van der Waals surface area (Å²) in [6.45, 7) is 1.01. The number of aromatic hydroxyl groups is 2. The van der Waals surface area contributed by atoms with Crippen molar-refractivity contribution < 1.29 is 29.3 Å². The van der Waals surface area contributed by atoms with Crippen molar-refractivity contribution in [3.8, 4) is 23.0 Å². The highest BCUT2D eigenvalue weighted by atomic mass is 16.5. The van der Waals surface area contributed by atoms with E-state index < -0.39 is 0 Å². The van der Waals surface area contributed by atoms with E-state index in [4.69, 9.17) is 9.47 Å². The Hall–Kier alpha value is -3.42. The van der Waals surface area contributed by atoms with Crippen molar-refractivity contribution >= 4 is 11.8 Å². The van der Waals surface area contributed by atoms with E-state index >= 15 is 0 Å². The number of nitrogens with one attached hydrogen (secondary N) is 1. The second-order valence-corrected chi connectivity index (χ2v) is 6.85. The Morgan fingerprint density at radius 3 is 2.14 bits per heavy atom. The summed E-state index contributed by atoms with van der Waals surface area (Å²) in [5.41, 5.74) is 0.701. The third-order valence-electron chi connectivity index (χ3n) is 4.91. The molecule has 1 aliphatic rings. The minimum atomic E-state index is -0.374. The van der Waals surface area contributed by atoms with Crippen molar-refractivity contribution in [3.05, 3.63) is 47.5 Å². The number of amides is 2. The number of rotatable bonds is 5. The highest BCUT2D eigenvalue weighted by molar-refractivity contribution is 5.96. The molecular weight excluding hydrogens is 376 g/mol. The fraction of sp³-hybridized carbons (Fsp3) is 0.333. The van der Waals surface area contributed by atoms with Gasteiger partial charge >= 0.3 is 0 Å². The molecule has 2 aromatic rings. The SMILES string of the molecule is COc1ccc(C(=O)N2CCC(NC(=O)c3cc(O)cc(O)c3)CC2)cc1OC. The number of carbonyl (C=O) groups excluding carboxylic acids is 2. The van der Waals surface area contributed by atoms with Crippen molar-refractivity contribution in [1.82, 2.24) is 10.2 Å². The lowest BCUT2D eigenvalue weighted by Gasteiger charge is -2.32. The highest BCUT2D eigenvalue weighted by Crippen LogP contribution is 2.28. The topological polar surface area (TPSA) is 108 Å². The first-order valence-electron chi connectivity index (χ1n) is 9.26. The van der Waals surface area contributed by atoms with E-state index in [-0.39, 0.29) is 34.9 Å². The molecule has 2 aromatic carbocycles. The fourth-order valence-corrected chi connectivity index (χ4v) is 3.37. The van der Waals surface area contributed by atoms with Crippen LogP contribution in [0.4, 0.5) is 0 Å². The fourth-order valence-electron chi connectivity index (χ4n) is 3.37. The zero-order valence-electron chi connectivity index (χ0n) is 16.3. The molecule has 0 bridgehead atoms. The summed E-state index contributed by atoms with van der Waals surface area (Å²) >= 11 is 0. The standard InChI is InChI=1S/C21H24N2O6/c1-28-18-4-3-13(11-19(18)29-2)21(27)23-7-5-15(6-8-23)22-20(26)14-9-16(24)12-17(25)10-14/h3-4,9-12,15,24-25H,5-8H2,1-2H3,(H,22,26). The average molecular weight is 400 g/mol. The van der Waals surface area contributed by atoms with Crippen LogP contribution in [0.3, 0.4) is 0 Å². The van der Waals surface area contributed by atoms with Crippen LogP contribution in [0.25, 0.3) is 0 Å². The van der Waals surface area contributed by atoms with E-state index in [2.05, 4.69) is 5.32 Å². The maximum atomic E-state index is 12.8. The first-order valence-corrected chi connectivity index (χ1v) is 9.26. The molecule has 2 amide bonds. The summed E-state index contributed by atoms with van der Waals surface area (Å²) in [7, 11) is 3.06. The van der Waals surface area contributed by atoms with Crippen LogP contribution in [0.2, 0.25) is 0 Å². The maximum absolute atomic E-state index is 12.8. The predicted molar refractivity (Wildman–Crippen MR) is 106 cm³/mol. The number of hydrogen-bond acceptors (Lipinski definition) is 6. The van der Waals surface area contributed by atoms with E-state index in [1.807, 2.05) is 0 Å². The van der Waals surface area contributed by atoms with Crippen LogP contribution in [0.15, 0.2) is 36.4 Å². The predicted octanol–water partition coefficient (Wildman–Crippen LogP) is 2.15. The van der Waals surface area contributed by atoms with Gasteiger partial charge in [-0.15, -0.1) is 0 Å². The highest BCUT2D eigenvalue weighted by Gasteiger charge is 2.25. The van der Waals surface area contributed by atoms with E-state index in [0.29, 0.717) is 43.0 Å². The van der Waals surface area contributed by atoms with Crippen LogP contribution < -0.4 is 14.8 Å². The third kappa shape index (κ3) is 4.71. The van der Waals surface area contributed by atoms with Gasteiger partial charge in [0.2, 0.25) is 0 Å². The maximum Gasteiger partial charge on any atom is 0.253 e. The number of hydrogen-bond donors (Lipinski definition) is 3. The van der Waals surface area contributed by atoms with Gasteiger partial charge in [-0.1, -0.05) is 0 Å². The molecule has 0 unspecified atom stereocenters. The number of likely N-dealkylation sites (tertiary alicyclic amines) is 1. The van der Waals surface area contributed by atoms with Crippen LogP contribution in [0.5, 0.6) is 23.0 Å². The molecular formula is C21H24N2O6. The Morgan fingerprint density at radius 1 is 0.931 bits per heavy atom. The zero-order valence-corrected chi connectivity index (χ0v) is 16.3. The molecule has 29 heavy (non-hydrogen) atoms. The van der Waals surface area contributed by atoms with Crippen molar-refractivity contribution in [3.63, 3.8) is 0 Å². The molecule has 0 saturated carbocycles. The third-order valence-corrected chi connectivity index (χ3v) is 4.91. The van der Waals surface area contributed by atoms with Gasteiger partial charge < -0.3 is 29.9 Å². The second-order valence-electron chi connectivity index (χ2n) is 6.85. The molecule has 8 heteroatoms. The van der Waals surface area contributed by atoms with Gasteiger partial charge in [0.05, 0.1) is 14.2 Å². The number of nitrogens with zero attached hydrogens (tertiary/aromatic N) is 1. The molecule has 1 heterocycles. The summed E-state index contributed by atoms with van der Waals surface area (Å²) in [5, 5.41) is 21.9. The van der Waals surface area contributed by atoms with Gasteiger partial charge in [-0.2, -0.15) is 0 Å². The Labute approximate surface area is 168 Å². The van der Waals surface area contributed by atoms with Crippen LogP contribution in [0.1, 0.15) is 33.6 Å². The smallest absolute Gasteiger partial charge is 0.253 e. The van der Waals surface area contributed by atoms with Gasteiger partial charge in [0, 0.05) is 36.3 Å². The number of methoxy groups -OCH3 is 2. The summed E-state index contributed by atoms with van der Waals surface area (Å²) in [6.07, 6.45) is 1.21. The van der Waals surface area contributed by atoms with Crippen molar-refractivity contribution in [2.75, 3.05) is 27.3 Å². The Kier molecular flexibility index (Phi) is 6.11. The number of piperidine rings is 1. The molecule has 0 atom stereocenters. The van der Waals surface area contributed by atoms with Crippen LogP contribution in [-0.4, -0.2) is 60.3 Å². The van der Waals surface area contributed by atoms with Gasteiger partial charge in [-0.05, 0) is 43.2 Å². The normalized spacial score (nSPS) is 14.3. The number of phenolic OH excluding ortho intramolecular Hbond substituents is 2.